The summed E-state index contributed by atoms with van der Waals surface area (Å²) >= 11 is 0. The molecule has 168 valence electrons. The number of carbonyl (C=O) groups excluding carboxylic acids is 2. The fourth-order valence-corrected chi connectivity index (χ4v) is 3.70. The molecule has 1 aliphatic rings. The predicted molar refractivity (Wildman–Crippen MR) is 128 cm³/mol. The van der Waals surface area contributed by atoms with E-state index in [1.807, 2.05) is 39.0 Å². The largest absolute Gasteiger partial charge is 0.494 e. The first kappa shape index (κ1) is 22.3. The predicted octanol–water partition coefficient (Wildman–Crippen LogP) is 5.63. The number of halogens is 1. The quantitative estimate of drug-likeness (QED) is 0.480. The second-order valence-electron chi connectivity index (χ2n) is 7.92. The van der Waals surface area contributed by atoms with E-state index in [0.717, 1.165) is 28.1 Å². The smallest absolute Gasteiger partial charge is 0.282 e. The monoisotopic (exact) mass is 444 g/mol. The van der Waals surface area contributed by atoms with Crippen molar-refractivity contribution in [2.45, 2.75) is 27.2 Å². The molecule has 0 fully saturated rings. The normalized spacial score (nSPS) is 13.6. The van der Waals surface area contributed by atoms with E-state index >= 15 is 0 Å². The number of rotatable bonds is 7. The van der Waals surface area contributed by atoms with Gasteiger partial charge in [-0.2, -0.15) is 0 Å². The van der Waals surface area contributed by atoms with Crippen molar-refractivity contribution in [1.29, 1.82) is 0 Å². The molecule has 0 bridgehead atoms. The van der Waals surface area contributed by atoms with Gasteiger partial charge < -0.3 is 10.1 Å². The van der Waals surface area contributed by atoms with Crippen LogP contribution < -0.4 is 15.0 Å². The highest BCUT2D eigenvalue weighted by atomic mass is 19.1. The molecule has 1 aliphatic heterocycles. The third kappa shape index (κ3) is 4.37. The molecule has 3 aromatic carbocycles. The van der Waals surface area contributed by atoms with Gasteiger partial charge in [0.25, 0.3) is 11.8 Å². The van der Waals surface area contributed by atoms with Gasteiger partial charge in [-0.25, -0.2) is 9.29 Å². The number of hydrogen-bond donors (Lipinski definition) is 1. The van der Waals surface area contributed by atoms with E-state index in [-0.39, 0.29) is 11.3 Å². The number of ether oxygens (including phenoxy) is 1. The van der Waals surface area contributed by atoms with Gasteiger partial charge in [0.1, 0.15) is 17.3 Å². The number of nitrogens with one attached hydrogen (secondary N) is 1. The number of carbonyl (C=O) groups is 2. The molecule has 3 aromatic rings. The third-order valence-corrected chi connectivity index (χ3v) is 5.65. The highest BCUT2D eigenvalue weighted by Crippen LogP contribution is 2.35. The zero-order valence-corrected chi connectivity index (χ0v) is 18.8. The van der Waals surface area contributed by atoms with Crippen LogP contribution in [0, 0.1) is 19.7 Å². The van der Waals surface area contributed by atoms with Crippen LogP contribution in [-0.2, 0) is 9.59 Å². The molecule has 1 N–H and O–H groups in total. The molecular formula is C27H25FN2O3. The van der Waals surface area contributed by atoms with E-state index in [0.29, 0.717) is 23.6 Å². The summed E-state index contributed by atoms with van der Waals surface area (Å²) < 4.78 is 19.1. The van der Waals surface area contributed by atoms with Crippen LogP contribution in [-0.4, -0.2) is 18.4 Å². The Kier molecular flexibility index (Phi) is 6.27. The lowest BCUT2D eigenvalue weighted by molar-refractivity contribution is -0.120. The van der Waals surface area contributed by atoms with Crippen LogP contribution in [0.5, 0.6) is 5.75 Å². The Balaban J connectivity index is 1.78. The molecule has 0 atom stereocenters. The second kappa shape index (κ2) is 9.28. The zero-order chi connectivity index (χ0) is 23.5. The minimum absolute atomic E-state index is 0.181. The van der Waals surface area contributed by atoms with Crippen LogP contribution in [0.1, 0.15) is 30.0 Å². The van der Waals surface area contributed by atoms with Gasteiger partial charge in [-0.15, -0.1) is 0 Å². The Hall–Kier alpha value is -3.93. The SMILES string of the molecule is CCCOc1ccc(C2=C(Nc3cccc(C)c3C)C(=O)N(c3ccc(F)cc3)C2=O)cc1. The number of imide groups is 1. The maximum atomic E-state index is 13.5. The second-order valence-corrected chi connectivity index (χ2v) is 7.92. The standard InChI is InChI=1S/C27H25FN2O3/c1-4-16-33-22-14-8-19(9-15-22)24-25(29-23-7-5-6-17(2)18(23)3)27(32)30(26(24)31)21-12-10-20(28)11-13-21/h5-15,29H,4,16H2,1-3H3. The highest BCUT2D eigenvalue weighted by molar-refractivity contribution is 6.46. The first-order valence-corrected chi connectivity index (χ1v) is 10.9. The van der Waals surface area contributed by atoms with Crippen molar-refractivity contribution in [2.75, 3.05) is 16.8 Å². The summed E-state index contributed by atoms with van der Waals surface area (Å²) in [6.45, 7) is 6.56. The summed E-state index contributed by atoms with van der Waals surface area (Å²) in [5.74, 6) is -0.713. The van der Waals surface area contributed by atoms with Crippen molar-refractivity contribution in [1.82, 2.24) is 0 Å². The fraction of sp³-hybridized carbons (Fsp3) is 0.185. The van der Waals surface area contributed by atoms with Gasteiger partial charge in [0.05, 0.1) is 17.9 Å². The van der Waals surface area contributed by atoms with Crippen LogP contribution >= 0.6 is 0 Å². The van der Waals surface area contributed by atoms with Crippen LogP contribution in [0.4, 0.5) is 15.8 Å². The molecule has 4 rings (SSSR count). The molecule has 2 amide bonds. The number of amides is 2. The Morgan fingerprint density at radius 2 is 1.61 bits per heavy atom. The number of hydrogen-bond acceptors (Lipinski definition) is 4. The molecule has 0 spiro atoms. The Bertz CT molecular complexity index is 1230. The van der Waals surface area contributed by atoms with Gasteiger partial charge in [0.15, 0.2) is 0 Å². The first-order valence-electron chi connectivity index (χ1n) is 10.9. The summed E-state index contributed by atoms with van der Waals surface area (Å²) in [4.78, 5) is 28.0. The third-order valence-electron chi connectivity index (χ3n) is 5.65. The van der Waals surface area contributed by atoms with E-state index < -0.39 is 17.6 Å². The van der Waals surface area contributed by atoms with E-state index in [4.69, 9.17) is 4.74 Å². The van der Waals surface area contributed by atoms with Gasteiger partial charge in [0.2, 0.25) is 0 Å². The zero-order valence-electron chi connectivity index (χ0n) is 18.8. The molecule has 0 aromatic heterocycles. The number of aryl methyl sites for hydroxylation is 1. The number of anilines is 2. The molecule has 1 heterocycles. The molecule has 0 unspecified atom stereocenters. The van der Waals surface area contributed by atoms with Crippen molar-refractivity contribution in [3.05, 3.63) is 94.9 Å². The highest BCUT2D eigenvalue weighted by Gasteiger charge is 2.40. The Morgan fingerprint density at radius 3 is 2.27 bits per heavy atom. The molecule has 0 radical (unpaired) electrons. The van der Waals surface area contributed by atoms with Crippen LogP contribution in [0.3, 0.4) is 0 Å². The lowest BCUT2D eigenvalue weighted by atomic mass is 10.0. The molecule has 0 aliphatic carbocycles. The average Bonchev–Trinajstić information content (AvgIpc) is 3.06. The average molecular weight is 445 g/mol. The summed E-state index contributed by atoms with van der Waals surface area (Å²) in [5.41, 5.74) is 4.12. The maximum absolute atomic E-state index is 13.5. The summed E-state index contributed by atoms with van der Waals surface area (Å²) in [7, 11) is 0. The van der Waals surface area contributed by atoms with Gasteiger partial charge >= 0.3 is 0 Å². The molecule has 0 saturated carbocycles. The van der Waals surface area contributed by atoms with E-state index in [1.54, 1.807) is 24.3 Å². The molecular weight excluding hydrogens is 419 g/mol. The van der Waals surface area contributed by atoms with Crippen LogP contribution in [0.2, 0.25) is 0 Å². The summed E-state index contributed by atoms with van der Waals surface area (Å²) in [6, 6.07) is 18.1. The molecule has 33 heavy (non-hydrogen) atoms. The van der Waals surface area contributed by atoms with Crippen molar-refractivity contribution in [3.8, 4) is 5.75 Å². The van der Waals surface area contributed by atoms with Gasteiger partial charge in [0, 0.05) is 5.69 Å². The van der Waals surface area contributed by atoms with Crippen LogP contribution in [0.15, 0.2) is 72.4 Å². The Labute approximate surface area is 192 Å². The molecule has 5 nitrogen and oxygen atoms in total. The van der Waals surface area contributed by atoms with E-state index in [1.165, 1.54) is 24.3 Å². The minimum atomic E-state index is -0.492. The number of nitrogens with zero attached hydrogens (tertiary/aromatic N) is 1. The molecule has 6 heteroatoms. The van der Waals surface area contributed by atoms with Crippen molar-refractivity contribution < 1.29 is 18.7 Å². The lowest BCUT2D eigenvalue weighted by Gasteiger charge is -2.16. The van der Waals surface area contributed by atoms with Gasteiger partial charge in [-0.05, 0) is 79.4 Å². The van der Waals surface area contributed by atoms with Crippen molar-refractivity contribution in [2.24, 2.45) is 0 Å². The summed E-state index contributed by atoms with van der Waals surface area (Å²) in [5, 5.41) is 3.20. The van der Waals surface area contributed by atoms with Crippen molar-refractivity contribution >= 4 is 28.8 Å². The van der Waals surface area contributed by atoms with Crippen LogP contribution in [0.25, 0.3) is 5.57 Å². The van der Waals surface area contributed by atoms with Crippen molar-refractivity contribution in [3.63, 3.8) is 0 Å². The number of benzene rings is 3. The van der Waals surface area contributed by atoms with E-state index in [2.05, 4.69) is 5.32 Å². The topological polar surface area (TPSA) is 58.6 Å². The first-order chi connectivity index (χ1) is 15.9. The summed E-state index contributed by atoms with van der Waals surface area (Å²) in [6.07, 6.45) is 0.885. The molecule has 0 saturated heterocycles. The van der Waals surface area contributed by atoms with Gasteiger partial charge in [-0.3, -0.25) is 9.59 Å². The van der Waals surface area contributed by atoms with E-state index in [9.17, 15) is 14.0 Å². The Morgan fingerprint density at radius 1 is 0.909 bits per heavy atom. The fourth-order valence-electron chi connectivity index (χ4n) is 3.70. The maximum Gasteiger partial charge on any atom is 0.282 e. The lowest BCUT2D eigenvalue weighted by Crippen LogP contribution is -2.32. The van der Waals surface area contributed by atoms with Gasteiger partial charge in [-0.1, -0.05) is 31.2 Å². The minimum Gasteiger partial charge on any atom is -0.494 e.